The molecule has 1 heterocycles. The van der Waals surface area contributed by atoms with Crippen LogP contribution in [0.1, 0.15) is 25.3 Å². The van der Waals surface area contributed by atoms with E-state index in [2.05, 4.69) is 45.2 Å². The van der Waals surface area contributed by atoms with E-state index in [9.17, 15) is 0 Å². The number of methoxy groups -OCH3 is 1. The Kier molecular flexibility index (Phi) is 6.33. The molecule has 2 rings (SSSR count). The van der Waals surface area contributed by atoms with Gasteiger partial charge in [0.05, 0.1) is 7.11 Å². The molecule has 0 amide bonds. The Balaban J connectivity index is 1.95. The van der Waals surface area contributed by atoms with Crippen LogP contribution in [0.15, 0.2) is 22.7 Å². The van der Waals surface area contributed by atoms with Crippen molar-refractivity contribution in [3.05, 3.63) is 28.2 Å². The average Bonchev–Trinajstić information content (AvgIpc) is 2.48. The third-order valence-corrected chi connectivity index (χ3v) is 4.71. The molecule has 1 aliphatic heterocycles. The first-order valence-electron chi connectivity index (χ1n) is 7.48. The van der Waals surface area contributed by atoms with Crippen LogP contribution >= 0.6 is 15.9 Å². The molecule has 0 bridgehead atoms. The molecule has 20 heavy (non-hydrogen) atoms. The Morgan fingerprint density at radius 2 is 2.30 bits per heavy atom. The molecule has 1 unspecified atom stereocenters. The highest BCUT2D eigenvalue weighted by Gasteiger charge is 2.20. The van der Waals surface area contributed by atoms with Crippen LogP contribution in [-0.2, 0) is 6.54 Å². The van der Waals surface area contributed by atoms with Crippen LogP contribution in [0.5, 0.6) is 5.75 Å². The highest BCUT2D eigenvalue weighted by molar-refractivity contribution is 9.10. The van der Waals surface area contributed by atoms with Crippen LogP contribution in [0, 0.1) is 5.92 Å². The Morgan fingerprint density at radius 3 is 3.05 bits per heavy atom. The molecule has 0 aliphatic carbocycles. The first kappa shape index (κ1) is 15.8. The lowest BCUT2D eigenvalue weighted by atomic mass is 9.97. The van der Waals surface area contributed by atoms with Crippen molar-refractivity contribution < 1.29 is 4.74 Å². The van der Waals surface area contributed by atoms with Gasteiger partial charge in [-0.25, -0.2) is 0 Å². The van der Waals surface area contributed by atoms with Crippen LogP contribution < -0.4 is 10.1 Å². The SMILES string of the molecule is CCNCC1CCCN(Cc2cc(OC)ccc2Br)C1. The predicted octanol–water partition coefficient (Wildman–Crippen LogP) is 3.28. The van der Waals surface area contributed by atoms with E-state index in [1.165, 1.54) is 36.0 Å². The van der Waals surface area contributed by atoms with E-state index in [1.807, 2.05) is 6.07 Å². The number of ether oxygens (including phenoxy) is 1. The third-order valence-electron chi connectivity index (χ3n) is 3.93. The molecule has 1 aromatic carbocycles. The summed E-state index contributed by atoms with van der Waals surface area (Å²) in [6.45, 7) is 7.78. The smallest absolute Gasteiger partial charge is 0.119 e. The normalized spacial score (nSPS) is 20.1. The van der Waals surface area contributed by atoms with Crippen molar-refractivity contribution >= 4 is 15.9 Å². The van der Waals surface area contributed by atoms with E-state index >= 15 is 0 Å². The van der Waals surface area contributed by atoms with Gasteiger partial charge in [-0.3, -0.25) is 4.90 Å². The number of likely N-dealkylation sites (tertiary alicyclic amines) is 1. The molecule has 1 saturated heterocycles. The van der Waals surface area contributed by atoms with Crippen molar-refractivity contribution in [1.82, 2.24) is 10.2 Å². The molecule has 112 valence electrons. The van der Waals surface area contributed by atoms with Gasteiger partial charge in [0.15, 0.2) is 0 Å². The third kappa shape index (κ3) is 4.47. The van der Waals surface area contributed by atoms with Crippen molar-refractivity contribution in [3.63, 3.8) is 0 Å². The summed E-state index contributed by atoms with van der Waals surface area (Å²) in [7, 11) is 1.72. The maximum atomic E-state index is 5.32. The fourth-order valence-corrected chi connectivity index (χ4v) is 3.22. The quantitative estimate of drug-likeness (QED) is 0.859. The van der Waals surface area contributed by atoms with Crippen LogP contribution in [0.3, 0.4) is 0 Å². The summed E-state index contributed by atoms with van der Waals surface area (Å²) in [6.07, 6.45) is 2.65. The largest absolute Gasteiger partial charge is 0.497 e. The molecule has 1 aromatic rings. The van der Waals surface area contributed by atoms with Gasteiger partial charge in [0.25, 0.3) is 0 Å². The monoisotopic (exact) mass is 340 g/mol. The molecular formula is C16H25BrN2O. The molecule has 0 saturated carbocycles. The molecule has 3 nitrogen and oxygen atoms in total. The fourth-order valence-electron chi connectivity index (χ4n) is 2.85. The average molecular weight is 341 g/mol. The Hall–Kier alpha value is -0.580. The lowest BCUT2D eigenvalue weighted by Gasteiger charge is -2.33. The number of hydrogen-bond acceptors (Lipinski definition) is 3. The zero-order valence-corrected chi connectivity index (χ0v) is 14.1. The van der Waals surface area contributed by atoms with Gasteiger partial charge in [0, 0.05) is 17.6 Å². The molecule has 0 spiro atoms. The van der Waals surface area contributed by atoms with E-state index in [4.69, 9.17) is 4.74 Å². The van der Waals surface area contributed by atoms with Gasteiger partial charge in [-0.15, -0.1) is 0 Å². The molecule has 4 heteroatoms. The highest BCUT2D eigenvalue weighted by atomic mass is 79.9. The number of nitrogens with one attached hydrogen (secondary N) is 1. The fraction of sp³-hybridized carbons (Fsp3) is 0.625. The molecule has 1 aliphatic rings. The van der Waals surface area contributed by atoms with Crippen molar-refractivity contribution in [3.8, 4) is 5.75 Å². The van der Waals surface area contributed by atoms with Gasteiger partial charge in [-0.2, -0.15) is 0 Å². The van der Waals surface area contributed by atoms with Gasteiger partial charge < -0.3 is 10.1 Å². The predicted molar refractivity (Wildman–Crippen MR) is 87.2 cm³/mol. The lowest BCUT2D eigenvalue weighted by molar-refractivity contribution is 0.165. The summed E-state index contributed by atoms with van der Waals surface area (Å²) in [5.41, 5.74) is 1.31. The highest BCUT2D eigenvalue weighted by Crippen LogP contribution is 2.25. The van der Waals surface area contributed by atoms with Gasteiger partial charge in [-0.1, -0.05) is 22.9 Å². The van der Waals surface area contributed by atoms with Crippen LogP contribution in [-0.4, -0.2) is 38.2 Å². The minimum atomic E-state index is 0.785. The van der Waals surface area contributed by atoms with Crippen molar-refractivity contribution in [1.29, 1.82) is 0 Å². The van der Waals surface area contributed by atoms with Crippen molar-refractivity contribution in [2.45, 2.75) is 26.3 Å². The molecule has 1 N–H and O–H groups in total. The summed E-state index contributed by atoms with van der Waals surface area (Å²) in [4.78, 5) is 2.56. The van der Waals surface area contributed by atoms with E-state index in [1.54, 1.807) is 7.11 Å². The van der Waals surface area contributed by atoms with Gasteiger partial charge in [0.2, 0.25) is 0 Å². The van der Waals surface area contributed by atoms with E-state index in [0.717, 1.165) is 31.3 Å². The Labute approximate surface area is 130 Å². The Bertz CT molecular complexity index is 425. The Morgan fingerprint density at radius 1 is 1.45 bits per heavy atom. The first-order chi connectivity index (χ1) is 9.72. The lowest BCUT2D eigenvalue weighted by Crippen LogP contribution is -2.39. The summed E-state index contributed by atoms with van der Waals surface area (Å²) in [6, 6.07) is 6.21. The number of piperidine rings is 1. The number of rotatable bonds is 6. The zero-order chi connectivity index (χ0) is 14.4. The van der Waals surface area contributed by atoms with E-state index < -0.39 is 0 Å². The second kappa shape index (κ2) is 8.01. The molecule has 0 radical (unpaired) electrons. The zero-order valence-electron chi connectivity index (χ0n) is 12.5. The second-order valence-electron chi connectivity index (χ2n) is 5.51. The molecule has 1 atom stereocenters. The summed E-state index contributed by atoms with van der Waals surface area (Å²) < 4.78 is 6.50. The molecular weight excluding hydrogens is 316 g/mol. The number of nitrogens with zero attached hydrogens (tertiary/aromatic N) is 1. The number of halogens is 1. The van der Waals surface area contributed by atoms with Crippen LogP contribution in [0.2, 0.25) is 0 Å². The maximum absolute atomic E-state index is 5.32. The topological polar surface area (TPSA) is 24.5 Å². The summed E-state index contributed by atoms with van der Waals surface area (Å²) in [5, 5.41) is 3.48. The van der Waals surface area contributed by atoms with Crippen LogP contribution in [0.25, 0.3) is 0 Å². The van der Waals surface area contributed by atoms with Crippen molar-refractivity contribution in [2.24, 2.45) is 5.92 Å². The number of hydrogen-bond donors (Lipinski definition) is 1. The molecule has 0 aromatic heterocycles. The second-order valence-corrected chi connectivity index (χ2v) is 6.36. The van der Waals surface area contributed by atoms with Gasteiger partial charge in [-0.05, 0) is 62.2 Å². The van der Waals surface area contributed by atoms with Crippen LogP contribution in [0.4, 0.5) is 0 Å². The first-order valence-corrected chi connectivity index (χ1v) is 8.27. The minimum absolute atomic E-state index is 0.785. The van der Waals surface area contributed by atoms with Gasteiger partial charge in [0.1, 0.15) is 5.75 Å². The van der Waals surface area contributed by atoms with Crippen molar-refractivity contribution in [2.75, 3.05) is 33.3 Å². The standard InChI is InChI=1S/C16H25BrN2O/c1-3-18-10-13-5-4-8-19(11-13)12-14-9-15(20-2)6-7-16(14)17/h6-7,9,13,18H,3-5,8,10-12H2,1-2H3. The van der Waals surface area contributed by atoms with E-state index in [-0.39, 0.29) is 0 Å². The number of benzene rings is 1. The minimum Gasteiger partial charge on any atom is -0.497 e. The summed E-state index contributed by atoms with van der Waals surface area (Å²) >= 11 is 3.65. The molecule has 1 fully saturated rings. The maximum Gasteiger partial charge on any atom is 0.119 e. The summed E-state index contributed by atoms with van der Waals surface area (Å²) in [5.74, 6) is 1.72. The van der Waals surface area contributed by atoms with E-state index in [0.29, 0.717) is 0 Å². The van der Waals surface area contributed by atoms with Gasteiger partial charge >= 0.3 is 0 Å².